The second-order valence-corrected chi connectivity index (χ2v) is 6.48. The topological polar surface area (TPSA) is 63.4 Å². The number of nitrogens with two attached hydrogens (primary N) is 1. The molecule has 1 aromatic carbocycles. The minimum absolute atomic E-state index is 0.0831. The minimum Gasteiger partial charge on any atom is -0.368 e. The fourth-order valence-electron chi connectivity index (χ4n) is 3.00. The molecule has 4 nitrogen and oxygen atoms in total. The molecule has 0 aliphatic carbocycles. The molecule has 0 aromatic heterocycles. The van der Waals surface area contributed by atoms with Crippen molar-refractivity contribution in [3.63, 3.8) is 0 Å². The number of thiocarbonyl (C=S) groups is 1. The normalized spacial score (nSPS) is 19.2. The number of hydrogen-bond donors (Lipinski definition) is 1. The van der Waals surface area contributed by atoms with Crippen molar-refractivity contribution >= 4 is 34.6 Å². The molecule has 1 amide bonds. The first-order valence-electron chi connectivity index (χ1n) is 6.97. The molecular formula is C16H20N2O2S. The van der Waals surface area contributed by atoms with Gasteiger partial charge in [-0.05, 0) is 18.6 Å². The fraction of sp³-hybridized carbons (Fsp3) is 0.438. The Balaban J connectivity index is 2.44. The SMILES string of the molecule is CC(=O)CCC(=S)N1c2ccccc2C(C)(C)C1C(N)=O. The third-order valence-corrected chi connectivity index (χ3v) is 4.43. The molecule has 1 heterocycles. The number of anilines is 1. The number of carbonyl (C=O) groups excluding carboxylic acids is 2. The molecule has 2 N–H and O–H groups in total. The summed E-state index contributed by atoms with van der Waals surface area (Å²) in [4.78, 5) is 25.6. The maximum atomic E-state index is 12.0. The number of rotatable bonds is 4. The van der Waals surface area contributed by atoms with Crippen LogP contribution in [0.25, 0.3) is 0 Å². The van der Waals surface area contributed by atoms with Gasteiger partial charge in [0.15, 0.2) is 0 Å². The molecule has 21 heavy (non-hydrogen) atoms. The van der Waals surface area contributed by atoms with Crippen LogP contribution in [0.3, 0.4) is 0 Å². The van der Waals surface area contributed by atoms with E-state index >= 15 is 0 Å². The van der Waals surface area contributed by atoms with Crippen LogP contribution in [0.5, 0.6) is 0 Å². The Kier molecular flexibility index (Phi) is 4.14. The first-order valence-corrected chi connectivity index (χ1v) is 7.38. The third kappa shape index (κ3) is 2.70. The Labute approximate surface area is 130 Å². The zero-order valence-corrected chi connectivity index (χ0v) is 13.4. The summed E-state index contributed by atoms with van der Waals surface area (Å²) in [6.07, 6.45) is 0.836. The van der Waals surface area contributed by atoms with Crippen LogP contribution in [0.15, 0.2) is 24.3 Å². The van der Waals surface area contributed by atoms with Gasteiger partial charge in [0.25, 0.3) is 0 Å². The van der Waals surface area contributed by atoms with Gasteiger partial charge >= 0.3 is 0 Å². The van der Waals surface area contributed by atoms with E-state index in [4.69, 9.17) is 18.0 Å². The number of fused-ring (bicyclic) bond motifs is 1. The second-order valence-electron chi connectivity index (χ2n) is 6.01. The highest BCUT2D eigenvalue weighted by atomic mass is 32.1. The lowest BCUT2D eigenvalue weighted by molar-refractivity contribution is -0.120. The highest BCUT2D eigenvalue weighted by Gasteiger charge is 2.48. The van der Waals surface area contributed by atoms with E-state index in [1.807, 2.05) is 43.0 Å². The Morgan fingerprint density at radius 2 is 1.90 bits per heavy atom. The van der Waals surface area contributed by atoms with Crippen LogP contribution in [-0.4, -0.2) is 22.7 Å². The zero-order chi connectivity index (χ0) is 15.8. The summed E-state index contributed by atoms with van der Waals surface area (Å²) in [5.74, 6) is -0.318. The van der Waals surface area contributed by atoms with Gasteiger partial charge in [-0.3, -0.25) is 4.79 Å². The molecule has 1 unspecified atom stereocenters. The zero-order valence-electron chi connectivity index (χ0n) is 12.6. The van der Waals surface area contributed by atoms with Crippen molar-refractivity contribution in [2.75, 3.05) is 4.90 Å². The summed E-state index contributed by atoms with van der Waals surface area (Å²) in [7, 11) is 0. The van der Waals surface area contributed by atoms with Crippen LogP contribution >= 0.6 is 12.2 Å². The van der Waals surface area contributed by atoms with Crippen molar-refractivity contribution in [1.29, 1.82) is 0 Å². The van der Waals surface area contributed by atoms with Crippen molar-refractivity contribution in [2.24, 2.45) is 5.73 Å². The first-order chi connectivity index (χ1) is 9.76. The Bertz CT molecular complexity index is 610. The number of ketones is 1. The maximum absolute atomic E-state index is 12.0. The van der Waals surface area contributed by atoms with Gasteiger partial charge in [0.2, 0.25) is 5.91 Å². The summed E-state index contributed by atoms with van der Waals surface area (Å²) in [6, 6.07) is 7.29. The highest BCUT2D eigenvalue weighted by molar-refractivity contribution is 7.80. The van der Waals surface area contributed by atoms with Crippen LogP contribution in [-0.2, 0) is 15.0 Å². The van der Waals surface area contributed by atoms with E-state index in [0.717, 1.165) is 11.3 Å². The molecule has 0 saturated carbocycles. The Morgan fingerprint density at radius 1 is 1.29 bits per heavy atom. The average molecular weight is 304 g/mol. The van der Waals surface area contributed by atoms with Crippen LogP contribution in [0.2, 0.25) is 0 Å². The van der Waals surface area contributed by atoms with E-state index in [9.17, 15) is 9.59 Å². The molecule has 0 bridgehead atoms. The standard InChI is InChI=1S/C16H20N2O2S/c1-10(19)8-9-13(21)18-12-7-5-4-6-11(12)16(2,3)14(18)15(17)20/h4-7,14H,8-9H2,1-3H3,(H2,17,20). The van der Waals surface area contributed by atoms with Crippen molar-refractivity contribution in [3.8, 4) is 0 Å². The predicted octanol–water partition coefficient (Wildman–Crippen LogP) is 2.33. The van der Waals surface area contributed by atoms with Gasteiger partial charge in [-0.15, -0.1) is 0 Å². The predicted molar refractivity (Wildman–Crippen MR) is 87.4 cm³/mol. The van der Waals surface area contributed by atoms with Crippen molar-refractivity contribution < 1.29 is 9.59 Å². The highest BCUT2D eigenvalue weighted by Crippen LogP contribution is 2.45. The van der Waals surface area contributed by atoms with E-state index in [2.05, 4.69) is 0 Å². The van der Waals surface area contributed by atoms with Crippen molar-refractivity contribution in [2.45, 2.75) is 45.1 Å². The van der Waals surface area contributed by atoms with E-state index < -0.39 is 17.4 Å². The van der Waals surface area contributed by atoms with E-state index in [0.29, 0.717) is 17.8 Å². The number of hydrogen-bond acceptors (Lipinski definition) is 3. The van der Waals surface area contributed by atoms with Gasteiger partial charge in [-0.1, -0.05) is 44.3 Å². The molecule has 1 aliphatic heterocycles. The van der Waals surface area contributed by atoms with Gasteiger partial charge in [0, 0.05) is 23.9 Å². The number of Topliss-reactive ketones (excluding diaryl/α,β-unsaturated/α-hetero) is 1. The van der Waals surface area contributed by atoms with E-state index in [1.165, 1.54) is 6.92 Å². The van der Waals surface area contributed by atoms with Crippen LogP contribution in [0.1, 0.15) is 39.2 Å². The van der Waals surface area contributed by atoms with Gasteiger partial charge < -0.3 is 15.4 Å². The summed E-state index contributed by atoms with van der Waals surface area (Å²) < 4.78 is 0. The van der Waals surface area contributed by atoms with Crippen molar-refractivity contribution in [1.82, 2.24) is 0 Å². The molecule has 112 valence electrons. The third-order valence-electron chi connectivity index (χ3n) is 4.03. The Hall–Kier alpha value is -1.75. The number of benzene rings is 1. The number of carbonyl (C=O) groups is 2. The summed E-state index contributed by atoms with van der Waals surface area (Å²) in [5, 5.41) is 0. The summed E-state index contributed by atoms with van der Waals surface area (Å²) >= 11 is 5.47. The monoisotopic (exact) mass is 304 g/mol. The lowest BCUT2D eigenvalue weighted by Crippen LogP contribution is -2.52. The van der Waals surface area contributed by atoms with Gasteiger partial charge in [-0.2, -0.15) is 0 Å². The van der Waals surface area contributed by atoms with Gasteiger partial charge in [-0.25, -0.2) is 0 Å². The number of primary amides is 1. The molecule has 0 saturated heterocycles. The second kappa shape index (κ2) is 5.56. The fourth-order valence-corrected chi connectivity index (χ4v) is 3.31. The lowest BCUT2D eigenvalue weighted by Gasteiger charge is -2.32. The Morgan fingerprint density at radius 3 is 2.48 bits per heavy atom. The molecular weight excluding hydrogens is 284 g/mol. The van der Waals surface area contributed by atoms with Gasteiger partial charge in [0.05, 0.1) is 4.99 Å². The molecule has 0 radical (unpaired) electrons. The van der Waals surface area contributed by atoms with Crippen LogP contribution < -0.4 is 10.6 Å². The molecule has 1 aromatic rings. The van der Waals surface area contributed by atoms with E-state index in [-0.39, 0.29) is 5.78 Å². The number of para-hydroxylation sites is 1. The number of nitrogens with zero attached hydrogens (tertiary/aromatic N) is 1. The van der Waals surface area contributed by atoms with Crippen molar-refractivity contribution in [3.05, 3.63) is 29.8 Å². The quantitative estimate of drug-likeness (QED) is 0.867. The van der Waals surface area contributed by atoms with Crippen LogP contribution in [0.4, 0.5) is 5.69 Å². The molecule has 1 aliphatic rings. The molecule has 2 rings (SSSR count). The molecule has 0 fully saturated rings. The van der Waals surface area contributed by atoms with Crippen LogP contribution in [0, 0.1) is 0 Å². The van der Waals surface area contributed by atoms with E-state index in [1.54, 1.807) is 0 Å². The molecule has 5 heteroatoms. The van der Waals surface area contributed by atoms with Gasteiger partial charge in [0.1, 0.15) is 11.8 Å². The lowest BCUT2D eigenvalue weighted by atomic mass is 9.80. The smallest absolute Gasteiger partial charge is 0.241 e. The minimum atomic E-state index is -0.519. The largest absolute Gasteiger partial charge is 0.368 e. The molecule has 1 atom stereocenters. The summed E-state index contributed by atoms with van der Waals surface area (Å²) in [6.45, 7) is 5.53. The first kappa shape index (κ1) is 15.6. The number of amides is 1. The summed E-state index contributed by atoms with van der Waals surface area (Å²) in [5.41, 5.74) is 7.19. The average Bonchev–Trinajstić information content (AvgIpc) is 2.65. The molecule has 0 spiro atoms. The maximum Gasteiger partial charge on any atom is 0.241 e.